The lowest BCUT2D eigenvalue weighted by Gasteiger charge is -2.22. The van der Waals surface area contributed by atoms with Gasteiger partial charge in [-0.1, -0.05) is 24.2 Å². The summed E-state index contributed by atoms with van der Waals surface area (Å²) in [5, 5.41) is 4.50. The van der Waals surface area contributed by atoms with Gasteiger partial charge in [0.15, 0.2) is 0 Å². The lowest BCUT2D eigenvalue weighted by Crippen LogP contribution is -2.42. The van der Waals surface area contributed by atoms with Crippen molar-refractivity contribution in [3.05, 3.63) is 20.7 Å². The molecule has 1 aliphatic carbocycles. The van der Waals surface area contributed by atoms with Crippen molar-refractivity contribution in [2.24, 2.45) is 5.73 Å². The van der Waals surface area contributed by atoms with Crippen LogP contribution < -0.4 is 15.9 Å². The predicted octanol–water partition coefficient (Wildman–Crippen LogP) is 0.714. The summed E-state index contributed by atoms with van der Waals surface area (Å²) in [6.07, 6.45) is 4.45. The number of carbonyl (C=O) groups is 1. The maximum Gasteiger partial charge on any atom is 0.304 e. The molecular formula is C11H17N3O2S. The molecule has 0 bridgehead atoms. The molecule has 0 atom stereocenters. The molecule has 0 radical (unpaired) electrons. The molecule has 0 aliphatic heterocycles. The average Bonchev–Trinajstić information content (AvgIpc) is 2.85. The molecular weight excluding hydrogens is 238 g/mol. The molecule has 1 aromatic heterocycles. The summed E-state index contributed by atoms with van der Waals surface area (Å²) in [6, 6.07) is 0. The fraction of sp³-hybridized carbons (Fsp3) is 0.636. The Kier molecular flexibility index (Phi) is 3.63. The van der Waals surface area contributed by atoms with Crippen molar-refractivity contribution >= 4 is 17.2 Å². The molecule has 0 unspecified atom stereocenters. The van der Waals surface area contributed by atoms with Crippen LogP contribution in [-0.2, 0) is 11.3 Å². The van der Waals surface area contributed by atoms with Crippen LogP contribution >= 0.6 is 11.3 Å². The second-order valence-corrected chi connectivity index (χ2v) is 5.54. The van der Waals surface area contributed by atoms with Crippen LogP contribution in [0.3, 0.4) is 0 Å². The molecule has 4 N–H and O–H groups in total. The first kappa shape index (κ1) is 12.3. The normalized spacial score (nSPS) is 18.2. The fourth-order valence-corrected chi connectivity index (χ4v) is 2.81. The summed E-state index contributed by atoms with van der Waals surface area (Å²) in [4.78, 5) is 25.2. The van der Waals surface area contributed by atoms with Crippen molar-refractivity contribution in [2.75, 3.05) is 0 Å². The third-order valence-electron chi connectivity index (χ3n) is 3.16. The highest BCUT2D eigenvalue weighted by Gasteiger charge is 2.31. The third-order valence-corrected chi connectivity index (χ3v) is 3.88. The molecule has 2 rings (SSSR count). The summed E-state index contributed by atoms with van der Waals surface area (Å²) in [7, 11) is 0. The summed E-state index contributed by atoms with van der Waals surface area (Å²) in [5.41, 5.74) is 6.54. The second kappa shape index (κ2) is 5.01. The van der Waals surface area contributed by atoms with Crippen LogP contribution in [0.4, 0.5) is 0 Å². The van der Waals surface area contributed by atoms with Crippen LogP contribution in [0.5, 0.6) is 0 Å². The van der Waals surface area contributed by atoms with Crippen molar-refractivity contribution in [3.8, 4) is 0 Å². The van der Waals surface area contributed by atoms with E-state index >= 15 is 0 Å². The summed E-state index contributed by atoms with van der Waals surface area (Å²) < 4.78 is 0. The minimum Gasteiger partial charge on any atom is -0.350 e. The number of H-pyrrole nitrogens is 1. The number of rotatable bonds is 4. The van der Waals surface area contributed by atoms with E-state index in [-0.39, 0.29) is 16.3 Å². The Morgan fingerprint density at radius 1 is 1.53 bits per heavy atom. The highest BCUT2D eigenvalue weighted by atomic mass is 32.1. The van der Waals surface area contributed by atoms with E-state index in [0.717, 1.165) is 42.7 Å². The van der Waals surface area contributed by atoms with E-state index in [1.165, 1.54) is 0 Å². The molecule has 94 valence electrons. The zero-order valence-electron chi connectivity index (χ0n) is 9.62. The van der Waals surface area contributed by atoms with Gasteiger partial charge in [0.05, 0.1) is 6.54 Å². The van der Waals surface area contributed by atoms with Crippen LogP contribution in [0.2, 0.25) is 0 Å². The predicted molar refractivity (Wildman–Crippen MR) is 66.8 cm³/mol. The van der Waals surface area contributed by atoms with Crippen LogP contribution in [0.1, 0.15) is 37.8 Å². The molecule has 1 heterocycles. The zero-order valence-corrected chi connectivity index (χ0v) is 10.4. The van der Waals surface area contributed by atoms with Crippen LogP contribution in [-0.4, -0.2) is 16.4 Å². The van der Waals surface area contributed by atoms with Gasteiger partial charge in [-0.05, 0) is 12.8 Å². The van der Waals surface area contributed by atoms with Gasteiger partial charge in [-0.15, -0.1) is 0 Å². The first-order valence-corrected chi connectivity index (χ1v) is 6.68. The molecule has 6 heteroatoms. The SMILES string of the molecule is NC1(CC(=O)NCc2csc(=O)[nH]2)CCCC1. The number of nitrogens with one attached hydrogen (secondary N) is 2. The smallest absolute Gasteiger partial charge is 0.304 e. The number of hydrogen-bond acceptors (Lipinski definition) is 4. The van der Waals surface area contributed by atoms with Crippen molar-refractivity contribution < 1.29 is 4.79 Å². The fourth-order valence-electron chi connectivity index (χ4n) is 2.23. The Hall–Kier alpha value is -1.14. The number of aromatic nitrogens is 1. The maximum atomic E-state index is 11.7. The largest absolute Gasteiger partial charge is 0.350 e. The van der Waals surface area contributed by atoms with Gasteiger partial charge in [0, 0.05) is 23.0 Å². The summed E-state index contributed by atoms with van der Waals surface area (Å²) in [5.74, 6) is -0.0403. The Balaban J connectivity index is 1.79. The summed E-state index contributed by atoms with van der Waals surface area (Å²) in [6.45, 7) is 0.369. The molecule has 5 nitrogen and oxygen atoms in total. The topological polar surface area (TPSA) is 88.0 Å². The monoisotopic (exact) mass is 255 g/mol. The number of hydrogen-bond donors (Lipinski definition) is 3. The zero-order chi connectivity index (χ0) is 12.3. The van der Waals surface area contributed by atoms with E-state index in [1.54, 1.807) is 5.38 Å². The van der Waals surface area contributed by atoms with Gasteiger partial charge in [0.1, 0.15) is 0 Å². The Labute approximate surface area is 103 Å². The van der Waals surface area contributed by atoms with Crippen LogP contribution in [0.25, 0.3) is 0 Å². The molecule has 17 heavy (non-hydrogen) atoms. The van der Waals surface area contributed by atoms with E-state index < -0.39 is 0 Å². The lowest BCUT2D eigenvalue weighted by molar-refractivity contribution is -0.122. The molecule has 1 fully saturated rings. The molecule has 1 amide bonds. The first-order valence-electron chi connectivity index (χ1n) is 5.80. The minimum atomic E-state index is -0.313. The van der Waals surface area contributed by atoms with E-state index in [1.807, 2.05) is 0 Å². The average molecular weight is 255 g/mol. The standard InChI is InChI=1S/C11H17N3O2S/c12-11(3-1-2-4-11)5-9(15)13-6-8-7-17-10(16)14-8/h7H,1-6,12H2,(H,13,15)(H,14,16). The number of aromatic amines is 1. The van der Waals surface area contributed by atoms with Gasteiger partial charge < -0.3 is 16.0 Å². The number of amides is 1. The molecule has 0 aromatic carbocycles. The highest BCUT2D eigenvalue weighted by Crippen LogP contribution is 2.29. The van der Waals surface area contributed by atoms with Gasteiger partial charge >= 0.3 is 4.87 Å². The molecule has 1 aliphatic rings. The van der Waals surface area contributed by atoms with Crippen molar-refractivity contribution in [1.82, 2.24) is 10.3 Å². The van der Waals surface area contributed by atoms with Crippen molar-refractivity contribution in [1.29, 1.82) is 0 Å². The van der Waals surface area contributed by atoms with Crippen molar-refractivity contribution in [3.63, 3.8) is 0 Å². The van der Waals surface area contributed by atoms with Gasteiger partial charge in [-0.2, -0.15) is 0 Å². The summed E-state index contributed by atoms with van der Waals surface area (Å²) >= 11 is 1.10. The van der Waals surface area contributed by atoms with E-state index in [0.29, 0.717) is 13.0 Å². The number of thiazole rings is 1. The Morgan fingerprint density at radius 3 is 2.82 bits per heavy atom. The van der Waals surface area contributed by atoms with Gasteiger partial charge in [-0.3, -0.25) is 9.59 Å². The number of nitrogens with two attached hydrogens (primary N) is 1. The number of carbonyl (C=O) groups excluding carboxylic acids is 1. The van der Waals surface area contributed by atoms with E-state index in [4.69, 9.17) is 5.73 Å². The highest BCUT2D eigenvalue weighted by molar-refractivity contribution is 7.07. The van der Waals surface area contributed by atoms with Crippen LogP contribution in [0.15, 0.2) is 10.2 Å². The van der Waals surface area contributed by atoms with Crippen molar-refractivity contribution in [2.45, 2.75) is 44.2 Å². The van der Waals surface area contributed by atoms with Gasteiger partial charge in [-0.25, -0.2) is 0 Å². The molecule has 1 aromatic rings. The quantitative estimate of drug-likeness (QED) is 0.740. The third kappa shape index (κ3) is 3.41. The Morgan fingerprint density at radius 2 is 2.24 bits per heavy atom. The Bertz CT molecular complexity index is 446. The second-order valence-electron chi connectivity index (χ2n) is 4.70. The first-order chi connectivity index (χ1) is 8.07. The lowest BCUT2D eigenvalue weighted by atomic mass is 9.94. The van der Waals surface area contributed by atoms with Crippen LogP contribution in [0, 0.1) is 0 Å². The van der Waals surface area contributed by atoms with E-state index in [2.05, 4.69) is 10.3 Å². The van der Waals surface area contributed by atoms with Gasteiger partial charge in [0.2, 0.25) is 5.91 Å². The molecule has 0 spiro atoms. The maximum absolute atomic E-state index is 11.7. The van der Waals surface area contributed by atoms with Gasteiger partial charge in [0.25, 0.3) is 0 Å². The molecule has 1 saturated carbocycles. The van der Waals surface area contributed by atoms with E-state index in [9.17, 15) is 9.59 Å². The minimum absolute atomic E-state index is 0.0403. The molecule has 0 saturated heterocycles.